The lowest BCUT2D eigenvalue weighted by Crippen LogP contribution is -2.33. The summed E-state index contributed by atoms with van der Waals surface area (Å²) >= 11 is 0. The molecule has 1 aromatic carbocycles. The van der Waals surface area contributed by atoms with E-state index in [1.54, 1.807) is 0 Å². The molecule has 0 aliphatic rings. The van der Waals surface area contributed by atoms with Crippen LogP contribution >= 0.6 is 0 Å². The van der Waals surface area contributed by atoms with Crippen LogP contribution in [0.3, 0.4) is 0 Å². The number of rotatable bonds is 9. The van der Waals surface area contributed by atoms with Crippen molar-refractivity contribution in [1.29, 1.82) is 0 Å². The Morgan fingerprint density at radius 1 is 1.00 bits per heavy atom. The van der Waals surface area contributed by atoms with Crippen LogP contribution in [0.2, 0.25) is 0 Å². The first kappa shape index (κ1) is 15.8. The highest BCUT2D eigenvalue weighted by molar-refractivity contribution is 5.39. The van der Waals surface area contributed by atoms with E-state index in [4.69, 9.17) is 9.47 Å². The van der Waals surface area contributed by atoms with Gasteiger partial charge in [-0.1, -0.05) is 32.9 Å². The van der Waals surface area contributed by atoms with Gasteiger partial charge in [-0.2, -0.15) is 0 Å². The molecule has 19 heavy (non-hydrogen) atoms. The minimum Gasteiger partial charge on any atom is -0.490 e. The molecule has 0 aliphatic heterocycles. The van der Waals surface area contributed by atoms with Crippen LogP contribution in [-0.4, -0.2) is 25.8 Å². The zero-order valence-corrected chi connectivity index (χ0v) is 12.6. The van der Waals surface area contributed by atoms with Gasteiger partial charge in [-0.25, -0.2) is 0 Å². The molecule has 1 aromatic rings. The molecule has 1 atom stereocenters. The van der Waals surface area contributed by atoms with E-state index in [1.165, 1.54) is 0 Å². The number of ether oxygens (including phenoxy) is 2. The molecule has 0 saturated heterocycles. The molecule has 0 aromatic heterocycles. The Bertz CT molecular complexity index is 352. The minimum absolute atomic E-state index is 0.509. The fourth-order valence-corrected chi connectivity index (χ4v) is 1.58. The van der Waals surface area contributed by atoms with E-state index in [0.29, 0.717) is 18.6 Å². The average molecular weight is 265 g/mol. The second kappa shape index (κ2) is 8.81. The lowest BCUT2D eigenvalue weighted by molar-refractivity contribution is 0.261. The van der Waals surface area contributed by atoms with E-state index in [-0.39, 0.29) is 0 Å². The van der Waals surface area contributed by atoms with E-state index >= 15 is 0 Å². The predicted octanol–water partition coefficient (Wildman–Crippen LogP) is 3.49. The Labute approximate surface area is 117 Å². The van der Waals surface area contributed by atoms with Crippen LogP contribution in [0.5, 0.6) is 11.5 Å². The zero-order valence-electron chi connectivity index (χ0n) is 12.6. The van der Waals surface area contributed by atoms with Gasteiger partial charge in [0.1, 0.15) is 6.61 Å². The molecule has 108 valence electrons. The fourth-order valence-electron chi connectivity index (χ4n) is 1.58. The van der Waals surface area contributed by atoms with Crippen LogP contribution in [0.25, 0.3) is 0 Å². The van der Waals surface area contributed by atoms with Crippen molar-refractivity contribution in [3.05, 3.63) is 24.3 Å². The monoisotopic (exact) mass is 265 g/mol. The third-order valence-corrected chi connectivity index (χ3v) is 3.14. The van der Waals surface area contributed by atoms with E-state index in [2.05, 4.69) is 33.0 Å². The summed E-state index contributed by atoms with van der Waals surface area (Å²) in [7, 11) is 0. The third-order valence-electron chi connectivity index (χ3n) is 3.14. The van der Waals surface area contributed by atoms with Crippen molar-refractivity contribution in [2.75, 3.05) is 19.8 Å². The van der Waals surface area contributed by atoms with Crippen LogP contribution in [0.15, 0.2) is 24.3 Å². The first-order chi connectivity index (χ1) is 9.15. The predicted molar refractivity (Wildman–Crippen MR) is 80.0 cm³/mol. The maximum atomic E-state index is 5.78. The molecule has 1 N–H and O–H groups in total. The van der Waals surface area contributed by atoms with E-state index in [9.17, 15) is 0 Å². The number of hydrogen-bond acceptors (Lipinski definition) is 3. The molecular formula is C16H27NO2. The smallest absolute Gasteiger partial charge is 0.161 e. The van der Waals surface area contributed by atoms with E-state index in [1.807, 2.05) is 24.3 Å². The van der Waals surface area contributed by atoms with Crippen LogP contribution < -0.4 is 14.8 Å². The van der Waals surface area contributed by atoms with Crippen molar-refractivity contribution in [2.24, 2.45) is 5.92 Å². The second-order valence-electron chi connectivity index (χ2n) is 5.13. The number of hydrogen-bond donors (Lipinski definition) is 1. The van der Waals surface area contributed by atoms with Crippen LogP contribution in [-0.2, 0) is 0 Å². The van der Waals surface area contributed by atoms with Gasteiger partial charge >= 0.3 is 0 Å². The third kappa shape index (κ3) is 5.97. The molecule has 0 amide bonds. The van der Waals surface area contributed by atoms with Gasteiger partial charge in [0.25, 0.3) is 0 Å². The van der Waals surface area contributed by atoms with Gasteiger partial charge in [0.05, 0.1) is 6.61 Å². The van der Waals surface area contributed by atoms with Crippen LogP contribution in [0.1, 0.15) is 34.1 Å². The van der Waals surface area contributed by atoms with Gasteiger partial charge in [0.15, 0.2) is 11.5 Å². The van der Waals surface area contributed by atoms with Crippen molar-refractivity contribution in [3.8, 4) is 11.5 Å². The Kier molecular flexibility index (Phi) is 7.34. The molecule has 3 nitrogen and oxygen atoms in total. The van der Waals surface area contributed by atoms with Gasteiger partial charge < -0.3 is 14.8 Å². The molecule has 1 rings (SSSR count). The van der Waals surface area contributed by atoms with Gasteiger partial charge in [-0.05, 0) is 31.4 Å². The van der Waals surface area contributed by atoms with Crippen molar-refractivity contribution in [3.63, 3.8) is 0 Å². The van der Waals surface area contributed by atoms with Crippen molar-refractivity contribution < 1.29 is 9.47 Å². The largest absolute Gasteiger partial charge is 0.490 e. The highest BCUT2D eigenvalue weighted by Gasteiger charge is 2.06. The lowest BCUT2D eigenvalue weighted by Gasteiger charge is -2.18. The van der Waals surface area contributed by atoms with Gasteiger partial charge in [-0.15, -0.1) is 0 Å². The highest BCUT2D eigenvalue weighted by atomic mass is 16.5. The normalized spacial score (nSPS) is 12.5. The maximum Gasteiger partial charge on any atom is 0.161 e. The van der Waals surface area contributed by atoms with Gasteiger partial charge in [0.2, 0.25) is 0 Å². The topological polar surface area (TPSA) is 30.5 Å². The summed E-state index contributed by atoms with van der Waals surface area (Å²) in [6, 6.07) is 8.36. The summed E-state index contributed by atoms with van der Waals surface area (Å²) in [6.07, 6.45) is 1.00. The van der Waals surface area contributed by atoms with Crippen LogP contribution in [0.4, 0.5) is 0 Å². The molecule has 0 radical (unpaired) electrons. The SMILES string of the molecule is CCCOc1ccccc1OCCNC(C)C(C)C. The van der Waals surface area contributed by atoms with Gasteiger partial charge in [-0.3, -0.25) is 0 Å². The first-order valence-electron chi connectivity index (χ1n) is 7.23. The molecule has 1 unspecified atom stereocenters. The highest BCUT2D eigenvalue weighted by Crippen LogP contribution is 2.26. The first-order valence-corrected chi connectivity index (χ1v) is 7.23. The number of para-hydroxylation sites is 2. The Hall–Kier alpha value is -1.22. The lowest BCUT2D eigenvalue weighted by atomic mass is 10.1. The van der Waals surface area contributed by atoms with Gasteiger partial charge in [0, 0.05) is 12.6 Å². The van der Waals surface area contributed by atoms with Crippen molar-refractivity contribution >= 4 is 0 Å². The Morgan fingerprint density at radius 2 is 1.58 bits per heavy atom. The van der Waals surface area contributed by atoms with Crippen LogP contribution in [0, 0.1) is 5.92 Å². The Morgan fingerprint density at radius 3 is 2.11 bits per heavy atom. The van der Waals surface area contributed by atoms with E-state index in [0.717, 1.165) is 31.1 Å². The summed E-state index contributed by atoms with van der Waals surface area (Å²) in [5.74, 6) is 2.30. The summed E-state index contributed by atoms with van der Waals surface area (Å²) < 4.78 is 11.4. The summed E-state index contributed by atoms with van der Waals surface area (Å²) in [5.41, 5.74) is 0. The molecular weight excluding hydrogens is 238 g/mol. The number of nitrogens with one attached hydrogen (secondary N) is 1. The molecule has 0 fully saturated rings. The second-order valence-corrected chi connectivity index (χ2v) is 5.13. The molecule has 0 aliphatic carbocycles. The average Bonchev–Trinajstić information content (AvgIpc) is 2.42. The quantitative estimate of drug-likeness (QED) is 0.693. The zero-order chi connectivity index (χ0) is 14.1. The van der Waals surface area contributed by atoms with Crippen molar-refractivity contribution in [2.45, 2.75) is 40.2 Å². The molecule has 0 spiro atoms. The molecule has 0 saturated carbocycles. The fraction of sp³-hybridized carbons (Fsp3) is 0.625. The maximum absolute atomic E-state index is 5.78. The molecule has 0 heterocycles. The minimum atomic E-state index is 0.509. The summed E-state index contributed by atoms with van der Waals surface area (Å²) in [5, 5.41) is 3.45. The molecule has 3 heteroatoms. The summed E-state index contributed by atoms with van der Waals surface area (Å²) in [6.45, 7) is 11.0. The molecule has 0 bridgehead atoms. The van der Waals surface area contributed by atoms with E-state index < -0.39 is 0 Å². The number of benzene rings is 1. The standard InChI is InChI=1S/C16H27NO2/c1-5-11-18-15-8-6-7-9-16(15)19-12-10-17-14(4)13(2)3/h6-9,13-14,17H,5,10-12H2,1-4H3. The Balaban J connectivity index is 2.36. The van der Waals surface area contributed by atoms with Crippen molar-refractivity contribution in [1.82, 2.24) is 5.32 Å². The summed E-state index contributed by atoms with van der Waals surface area (Å²) in [4.78, 5) is 0.